The van der Waals surface area contributed by atoms with E-state index in [2.05, 4.69) is 4.90 Å². The molecule has 2 aliphatic heterocycles. The Balaban J connectivity index is 1.71. The molecule has 0 radical (unpaired) electrons. The number of primary sulfonamides is 1. The lowest BCUT2D eigenvalue weighted by molar-refractivity contribution is -0.127. The van der Waals surface area contributed by atoms with Crippen molar-refractivity contribution >= 4 is 15.9 Å². The Morgan fingerprint density at radius 1 is 1.25 bits per heavy atom. The smallest absolute Gasteiger partial charge is 0.224 e. The lowest BCUT2D eigenvalue weighted by Gasteiger charge is -2.29. The number of rotatable bonds is 5. The first kappa shape index (κ1) is 15.7. The van der Waals surface area contributed by atoms with Gasteiger partial charge in [-0.1, -0.05) is 0 Å². The molecule has 0 aromatic rings. The van der Waals surface area contributed by atoms with Crippen molar-refractivity contribution in [3.05, 3.63) is 0 Å². The molecule has 2 saturated heterocycles. The molecule has 0 bridgehead atoms. The molecule has 7 nitrogen and oxygen atoms in total. The fraction of sp³-hybridized carbons (Fsp3) is 0.917. The highest BCUT2D eigenvalue weighted by molar-refractivity contribution is 7.89. The van der Waals surface area contributed by atoms with Gasteiger partial charge in [0.1, 0.15) is 5.25 Å². The molecule has 116 valence electrons. The Hall–Kier alpha value is -0.700. The van der Waals surface area contributed by atoms with Crippen molar-refractivity contribution in [2.24, 2.45) is 5.14 Å². The zero-order valence-corrected chi connectivity index (χ0v) is 12.4. The molecule has 8 heteroatoms. The largest absolute Gasteiger partial charge is 0.393 e. The molecular formula is C12H23N3O4S. The van der Waals surface area contributed by atoms with E-state index in [1.807, 2.05) is 0 Å². The maximum Gasteiger partial charge on any atom is 0.224 e. The number of carbonyl (C=O) groups excluding carboxylic acids is 1. The van der Waals surface area contributed by atoms with E-state index in [4.69, 9.17) is 5.14 Å². The van der Waals surface area contributed by atoms with Crippen molar-refractivity contribution in [1.29, 1.82) is 0 Å². The Labute approximate surface area is 119 Å². The zero-order valence-electron chi connectivity index (χ0n) is 11.6. The van der Waals surface area contributed by atoms with Gasteiger partial charge in [-0.05, 0) is 25.8 Å². The first-order chi connectivity index (χ1) is 9.36. The Morgan fingerprint density at radius 2 is 1.90 bits per heavy atom. The lowest BCUT2D eigenvalue weighted by Crippen LogP contribution is -2.38. The number of nitrogens with two attached hydrogens (primary N) is 1. The Bertz CT molecular complexity index is 446. The molecule has 2 fully saturated rings. The van der Waals surface area contributed by atoms with Gasteiger partial charge in [-0.2, -0.15) is 0 Å². The SMILES string of the molecule is NS(=O)(=O)C1CC(=O)N(CCCN2CCC(O)CC2)C1. The van der Waals surface area contributed by atoms with Gasteiger partial charge in [0, 0.05) is 32.6 Å². The second-order valence-corrected chi connectivity index (χ2v) is 7.53. The summed E-state index contributed by atoms with van der Waals surface area (Å²) < 4.78 is 22.5. The molecule has 2 rings (SSSR count). The van der Waals surface area contributed by atoms with Crippen LogP contribution in [0.15, 0.2) is 0 Å². The third-order valence-electron chi connectivity index (χ3n) is 4.10. The zero-order chi connectivity index (χ0) is 14.8. The van der Waals surface area contributed by atoms with E-state index >= 15 is 0 Å². The minimum atomic E-state index is -3.62. The standard InChI is InChI=1S/C12H23N3O4S/c13-20(18,19)11-8-12(17)15(9-11)5-1-4-14-6-2-10(16)3-7-14/h10-11,16H,1-9H2,(H2,13,18,19). The normalized spacial score (nSPS) is 26.4. The summed E-state index contributed by atoms with van der Waals surface area (Å²) in [7, 11) is -3.62. The van der Waals surface area contributed by atoms with Gasteiger partial charge >= 0.3 is 0 Å². The van der Waals surface area contributed by atoms with Crippen LogP contribution >= 0.6 is 0 Å². The highest BCUT2D eigenvalue weighted by atomic mass is 32.2. The van der Waals surface area contributed by atoms with Crippen LogP contribution in [0.3, 0.4) is 0 Å². The summed E-state index contributed by atoms with van der Waals surface area (Å²) in [5, 5.41) is 13.8. The Kier molecular flexibility index (Phi) is 5.00. The fourth-order valence-corrected chi connectivity index (χ4v) is 3.56. The van der Waals surface area contributed by atoms with Crippen LogP contribution in [0.2, 0.25) is 0 Å². The van der Waals surface area contributed by atoms with E-state index in [0.29, 0.717) is 6.54 Å². The molecule has 0 aliphatic carbocycles. The van der Waals surface area contributed by atoms with Crippen LogP contribution in [0.4, 0.5) is 0 Å². The van der Waals surface area contributed by atoms with Crippen molar-refractivity contribution in [3.63, 3.8) is 0 Å². The number of aliphatic hydroxyl groups is 1. The monoisotopic (exact) mass is 305 g/mol. The molecule has 3 N–H and O–H groups in total. The first-order valence-electron chi connectivity index (χ1n) is 7.06. The van der Waals surface area contributed by atoms with Gasteiger partial charge < -0.3 is 14.9 Å². The number of hydrogen-bond acceptors (Lipinski definition) is 5. The quantitative estimate of drug-likeness (QED) is 0.658. The van der Waals surface area contributed by atoms with Gasteiger partial charge in [0.15, 0.2) is 0 Å². The minimum Gasteiger partial charge on any atom is -0.393 e. The van der Waals surface area contributed by atoms with E-state index in [1.165, 1.54) is 0 Å². The number of hydrogen-bond donors (Lipinski definition) is 2. The Morgan fingerprint density at radius 3 is 2.45 bits per heavy atom. The summed E-state index contributed by atoms with van der Waals surface area (Å²) in [6.07, 6.45) is 2.25. The fourth-order valence-electron chi connectivity index (χ4n) is 2.80. The highest BCUT2D eigenvalue weighted by Crippen LogP contribution is 2.17. The van der Waals surface area contributed by atoms with Gasteiger partial charge in [-0.3, -0.25) is 4.79 Å². The number of amides is 1. The van der Waals surface area contributed by atoms with Gasteiger partial charge in [-0.15, -0.1) is 0 Å². The summed E-state index contributed by atoms with van der Waals surface area (Å²) in [5.74, 6) is -0.127. The van der Waals surface area contributed by atoms with Gasteiger partial charge in [0.25, 0.3) is 0 Å². The second-order valence-electron chi connectivity index (χ2n) is 5.68. The summed E-state index contributed by atoms with van der Waals surface area (Å²) >= 11 is 0. The van der Waals surface area contributed by atoms with Crippen molar-refractivity contribution in [1.82, 2.24) is 9.80 Å². The maximum absolute atomic E-state index is 11.7. The van der Waals surface area contributed by atoms with Crippen LogP contribution in [0, 0.1) is 0 Å². The van der Waals surface area contributed by atoms with Crippen LogP contribution in [-0.4, -0.2) is 73.3 Å². The molecule has 1 amide bonds. The average molecular weight is 305 g/mol. The highest BCUT2D eigenvalue weighted by Gasteiger charge is 2.36. The maximum atomic E-state index is 11.7. The van der Waals surface area contributed by atoms with Crippen LogP contribution in [-0.2, 0) is 14.8 Å². The van der Waals surface area contributed by atoms with E-state index in [0.717, 1.165) is 38.9 Å². The molecule has 0 spiro atoms. The number of likely N-dealkylation sites (tertiary alicyclic amines) is 2. The van der Waals surface area contributed by atoms with E-state index < -0.39 is 15.3 Å². The third-order valence-corrected chi connectivity index (χ3v) is 5.35. The van der Waals surface area contributed by atoms with Crippen molar-refractivity contribution in [3.8, 4) is 0 Å². The number of carbonyl (C=O) groups is 1. The molecular weight excluding hydrogens is 282 g/mol. The van der Waals surface area contributed by atoms with Crippen LogP contribution in [0.1, 0.15) is 25.7 Å². The summed E-state index contributed by atoms with van der Waals surface area (Å²) in [6.45, 7) is 3.43. The molecule has 2 aliphatic rings. The predicted octanol–water partition coefficient (Wildman–Crippen LogP) is -1.28. The molecule has 20 heavy (non-hydrogen) atoms. The van der Waals surface area contributed by atoms with E-state index in [-0.39, 0.29) is 25.0 Å². The number of aliphatic hydroxyl groups excluding tert-OH is 1. The molecule has 0 saturated carbocycles. The first-order valence-corrected chi connectivity index (χ1v) is 8.67. The van der Waals surface area contributed by atoms with Crippen molar-refractivity contribution in [2.75, 3.05) is 32.7 Å². The van der Waals surface area contributed by atoms with Crippen LogP contribution in [0.25, 0.3) is 0 Å². The number of piperidine rings is 1. The number of nitrogens with zero attached hydrogens (tertiary/aromatic N) is 2. The molecule has 1 atom stereocenters. The van der Waals surface area contributed by atoms with Crippen molar-refractivity contribution in [2.45, 2.75) is 37.0 Å². The van der Waals surface area contributed by atoms with Crippen LogP contribution in [0.5, 0.6) is 0 Å². The van der Waals surface area contributed by atoms with Gasteiger partial charge in [0.2, 0.25) is 15.9 Å². The summed E-state index contributed by atoms with van der Waals surface area (Å²) in [4.78, 5) is 15.6. The molecule has 0 aromatic carbocycles. The van der Waals surface area contributed by atoms with Crippen molar-refractivity contribution < 1.29 is 18.3 Å². The van der Waals surface area contributed by atoms with Gasteiger partial charge in [-0.25, -0.2) is 13.6 Å². The summed E-state index contributed by atoms with van der Waals surface area (Å²) in [5.41, 5.74) is 0. The van der Waals surface area contributed by atoms with E-state index in [1.54, 1.807) is 4.90 Å². The second kappa shape index (κ2) is 6.38. The average Bonchev–Trinajstić information content (AvgIpc) is 2.74. The third kappa shape index (κ3) is 4.15. The van der Waals surface area contributed by atoms with Gasteiger partial charge in [0.05, 0.1) is 6.10 Å². The topological polar surface area (TPSA) is 104 Å². The minimum absolute atomic E-state index is 0.00867. The molecule has 1 unspecified atom stereocenters. The predicted molar refractivity (Wildman–Crippen MR) is 74.4 cm³/mol. The summed E-state index contributed by atoms with van der Waals surface area (Å²) in [6, 6.07) is 0. The molecule has 2 heterocycles. The van der Waals surface area contributed by atoms with Crippen LogP contribution < -0.4 is 5.14 Å². The number of sulfonamides is 1. The lowest BCUT2D eigenvalue weighted by atomic mass is 10.1. The van der Waals surface area contributed by atoms with E-state index in [9.17, 15) is 18.3 Å². The molecule has 0 aromatic heterocycles.